The van der Waals surface area contributed by atoms with E-state index in [9.17, 15) is 9.90 Å². The van der Waals surface area contributed by atoms with E-state index in [1.165, 1.54) is 0 Å². The molecule has 0 bridgehead atoms. The first-order valence-corrected chi connectivity index (χ1v) is 8.35. The molecule has 6 heteroatoms. The lowest BCUT2D eigenvalue weighted by Crippen LogP contribution is -2.40. The van der Waals surface area contributed by atoms with Crippen molar-refractivity contribution in [2.75, 3.05) is 32.1 Å². The first kappa shape index (κ1) is 17.2. The molecule has 2 N–H and O–H groups in total. The van der Waals surface area contributed by atoms with E-state index in [1.54, 1.807) is 30.3 Å². The lowest BCUT2D eigenvalue weighted by Gasteiger charge is -2.24. The molecule has 1 atom stereocenters. The molecule has 25 heavy (non-hydrogen) atoms. The van der Waals surface area contributed by atoms with Gasteiger partial charge in [0.25, 0.3) is 5.91 Å². The van der Waals surface area contributed by atoms with Crippen LogP contribution in [0.15, 0.2) is 42.6 Å². The maximum Gasteiger partial charge on any atom is 0.254 e. The van der Waals surface area contributed by atoms with Crippen LogP contribution >= 0.6 is 0 Å². The lowest BCUT2D eigenvalue weighted by molar-refractivity contribution is 0.00413. The van der Waals surface area contributed by atoms with Crippen molar-refractivity contribution in [3.63, 3.8) is 0 Å². The fraction of sp³-hybridized carbons (Fsp3) is 0.368. The topological polar surface area (TPSA) is 74.7 Å². The molecule has 0 aliphatic carbocycles. The lowest BCUT2D eigenvalue weighted by atomic mass is 10.1. The van der Waals surface area contributed by atoms with Crippen LogP contribution in [0.3, 0.4) is 0 Å². The van der Waals surface area contributed by atoms with Crippen LogP contribution in [0.25, 0.3) is 0 Å². The van der Waals surface area contributed by atoms with Crippen molar-refractivity contribution in [2.45, 2.75) is 18.9 Å². The zero-order valence-corrected chi connectivity index (χ0v) is 14.5. The minimum atomic E-state index is -1.03. The average Bonchev–Trinajstić information content (AvgIpc) is 3.03. The smallest absolute Gasteiger partial charge is 0.254 e. The van der Waals surface area contributed by atoms with Gasteiger partial charge in [-0.1, -0.05) is 18.2 Å². The number of hydrogen-bond donors (Lipinski definition) is 2. The molecule has 1 aliphatic heterocycles. The molecule has 1 fully saturated rings. The number of para-hydroxylation sites is 1. The van der Waals surface area contributed by atoms with Crippen LogP contribution < -0.4 is 10.1 Å². The summed E-state index contributed by atoms with van der Waals surface area (Å²) in [5.41, 5.74) is 0.549. The highest BCUT2D eigenvalue weighted by Gasteiger charge is 2.39. The summed E-state index contributed by atoms with van der Waals surface area (Å²) in [5, 5.41) is 13.7. The standard InChI is InChI=1S/C19H23N3O3/c1-14-5-3-4-6-16(14)25-13-19(24)8-10-22(12-19)18(23)15-7-9-21-17(11-15)20-2/h3-7,9,11,24H,8,10,12-13H2,1-2H3,(H,20,21)/t19-/m0/s1. The number of amides is 1. The number of likely N-dealkylation sites (tertiary alicyclic amines) is 1. The Morgan fingerprint density at radius 3 is 2.96 bits per heavy atom. The zero-order chi connectivity index (χ0) is 17.9. The number of aliphatic hydroxyl groups is 1. The first-order chi connectivity index (χ1) is 12.0. The van der Waals surface area contributed by atoms with E-state index in [-0.39, 0.29) is 19.1 Å². The van der Waals surface area contributed by atoms with Crippen molar-refractivity contribution >= 4 is 11.7 Å². The number of carbonyl (C=O) groups excluding carboxylic acids is 1. The number of nitrogens with one attached hydrogen (secondary N) is 1. The summed E-state index contributed by atoms with van der Waals surface area (Å²) in [6, 6.07) is 11.1. The van der Waals surface area contributed by atoms with Gasteiger partial charge in [0.15, 0.2) is 0 Å². The summed E-state index contributed by atoms with van der Waals surface area (Å²) in [6.45, 7) is 2.89. The third kappa shape index (κ3) is 3.91. The molecule has 2 heterocycles. The highest BCUT2D eigenvalue weighted by Crippen LogP contribution is 2.25. The van der Waals surface area contributed by atoms with Gasteiger partial charge < -0.3 is 20.1 Å². The number of hydrogen-bond acceptors (Lipinski definition) is 5. The molecule has 1 aliphatic rings. The van der Waals surface area contributed by atoms with Crippen LogP contribution in [-0.4, -0.2) is 53.2 Å². The van der Waals surface area contributed by atoms with Crippen molar-refractivity contribution < 1.29 is 14.6 Å². The SMILES string of the molecule is CNc1cc(C(=O)N2CC[C@@](O)(COc3ccccc3C)C2)ccn1. The molecule has 0 saturated carbocycles. The van der Waals surface area contributed by atoms with Crippen LogP contribution in [0.5, 0.6) is 5.75 Å². The minimum Gasteiger partial charge on any atom is -0.490 e. The van der Waals surface area contributed by atoms with Gasteiger partial charge in [0, 0.05) is 25.4 Å². The number of ether oxygens (including phenoxy) is 1. The normalized spacial score (nSPS) is 19.7. The number of carbonyl (C=O) groups is 1. The minimum absolute atomic E-state index is 0.106. The maximum absolute atomic E-state index is 12.6. The Kier molecular flexibility index (Phi) is 4.90. The molecule has 1 saturated heterocycles. The summed E-state index contributed by atoms with van der Waals surface area (Å²) in [7, 11) is 1.76. The number of rotatable bonds is 5. The second kappa shape index (κ2) is 7.11. The fourth-order valence-corrected chi connectivity index (χ4v) is 2.96. The first-order valence-electron chi connectivity index (χ1n) is 8.35. The monoisotopic (exact) mass is 341 g/mol. The van der Waals surface area contributed by atoms with Gasteiger partial charge in [-0.25, -0.2) is 4.98 Å². The van der Waals surface area contributed by atoms with Crippen molar-refractivity contribution in [1.82, 2.24) is 9.88 Å². The van der Waals surface area contributed by atoms with Crippen molar-refractivity contribution in [3.8, 4) is 5.75 Å². The summed E-state index contributed by atoms with van der Waals surface area (Å²) in [6.07, 6.45) is 2.09. The molecule has 6 nitrogen and oxygen atoms in total. The van der Waals surface area contributed by atoms with Gasteiger partial charge in [-0.05, 0) is 37.1 Å². The molecule has 3 rings (SSSR count). The van der Waals surface area contributed by atoms with Gasteiger partial charge in [0.2, 0.25) is 0 Å². The van der Waals surface area contributed by atoms with E-state index >= 15 is 0 Å². The van der Waals surface area contributed by atoms with Crippen LogP contribution in [0, 0.1) is 6.92 Å². The zero-order valence-electron chi connectivity index (χ0n) is 14.5. The number of aromatic nitrogens is 1. The van der Waals surface area contributed by atoms with E-state index in [0.29, 0.717) is 24.3 Å². The predicted octanol–water partition coefficient (Wildman–Crippen LogP) is 2.09. The highest BCUT2D eigenvalue weighted by molar-refractivity contribution is 5.95. The number of benzene rings is 1. The number of anilines is 1. The van der Waals surface area contributed by atoms with E-state index < -0.39 is 5.60 Å². The number of pyridine rings is 1. The highest BCUT2D eigenvalue weighted by atomic mass is 16.5. The van der Waals surface area contributed by atoms with Gasteiger partial charge in [-0.2, -0.15) is 0 Å². The third-order valence-electron chi connectivity index (χ3n) is 4.47. The van der Waals surface area contributed by atoms with E-state index in [2.05, 4.69) is 10.3 Å². The van der Waals surface area contributed by atoms with E-state index in [4.69, 9.17) is 4.74 Å². The van der Waals surface area contributed by atoms with Crippen LogP contribution in [0.2, 0.25) is 0 Å². The molecule has 2 aromatic rings. The molecule has 0 radical (unpaired) electrons. The average molecular weight is 341 g/mol. The maximum atomic E-state index is 12.6. The molecule has 0 unspecified atom stereocenters. The van der Waals surface area contributed by atoms with Crippen molar-refractivity contribution in [2.24, 2.45) is 0 Å². The number of nitrogens with zero attached hydrogens (tertiary/aromatic N) is 2. The second-order valence-electron chi connectivity index (χ2n) is 6.43. The molecule has 1 amide bonds. The third-order valence-corrected chi connectivity index (χ3v) is 4.47. The van der Waals surface area contributed by atoms with Gasteiger partial charge in [-0.15, -0.1) is 0 Å². The fourth-order valence-electron chi connectivity index (χ4n) is 2.96. The Morgan fingerprint density at radius 2 is 2.20 bits per heavy atom. The summed E-state index contributed by atoms with van der Waals surface area (Å²) in [4.78, 5) is 18.4. The van der Waals surface area contributed by atoms with E-state index in [0.717, 1.165) is 11.3 Å². The Labute approximate surface area is 147 Å². The molecule has 1 aromatic carbocycles. The van der Waals surface area contributed by atoms with Gasteiger partial charge >= 0.3 is 0 Å². The van der Waals surface area contributed by atoms with Crippen LogP contribution in [-0.2, 0) is 0 Å². The quantitative estimate of drug-likeness (QED) is 0.871. The van der Waals surface area contributed by atoms with E-state index in [1.807, 2.05) is 31.2 Å². The largest absolute Gasteiger partial charge is 0.490 e. The van der Waals surface area contributed by atoms with Crippen molar-refractivity contribution in [3.05, 3.63) is 53.7 Å². The van der Waals surface area contributed by atoms with Gasteiger partial charge in [-0.3, -0.25) is 4.79 Å². The Balaban J connectivity index is 1.63. The Morgan fingerprint density at radius 1 is 1.40 bits per heavy atom. The summed E-state index contributed by atoms with van der Waals surface area (Å²) < 4.78 is 5.79. The van der Waals surface area contributed by atoms with Gasteiger partial charge in [0.1, 0.15) is 23.8 Å². The molecule has 1 aromatic heterocycles. The van der Waals surface area contributed by atoms with Crippen molar-refractivity contribution in [1.29, 1.82) is 0 Å². The van der Waals surface area contributed by atoms with Gasteiger partial charge in [0.05, 0.1) is 6.54 Å². The molecule has 0 spiro atoms. The molecule has 132 valence electrons. The Hall–Kier alpha value is -2.60. The molecular formula is C19H23N3O3. The summed E-state index contributed by atoms with van der Waals surface area (Å²) in [5.74, 6) is 1.29. The predicted molar refractivity (Wildman–Crippen MR) is 95.9 cm³/mol. The number of aryl methyl sites for hydroxylation is 1. The molecular weight excluding hydrogens is 318 g/mol. The Bertz CT molecular complexity index is 765. The summed E-state index contributed by atoms with van der Waals surface area (Å²) >= 11 is 0. The number of β-amino-alcohol motifs (C(OH)–C–C–N with tert-alkyl or cyclic N) is 1. The van der Waals surface area contributed by atoms with Crippen LogP contribution in [0.4, 0.5) is 5.82 Å². The second-order valence-corrected chi connectivity index (χ2v) is 6.43. The van der Waals surface area contributed by atoms with Crippen LogP contribution in [0.1, 0.15) is 22.3 Å².